The summed E-state index contributed by atoms with van der Waals surface area (Å²) in [5, 5.41) is 2.68. The van der Waals surface area contributed by atoms with E-state index in [1.54, 1.807) is 30.3 Å². The molecule has 4 rings (SSSR count). The minimum Gasteiger partial charge on any atom is -0.324 e. The molecule has 166 valence electrons. The van der Waals surface area contributed by atoms with Gasteiger partial charge in [-0.15, -0.1) is 0 Å². The Morgan fingerprint density at radius 2 is 1.59 bits per heavy atom. The Kier molecular flexibility index (Phi) is 6.20. The van der Waals surface area contributed by atoms with Gasteiger partial charge in [-0.3, -0.25) is 14.2 Å². The Bertz CT molecular complexity index is 1270. The van der Waals surface area contributed by atoms with Crippen LogP contribution in [0.15, 0.2) is 82.6 Å². The maximum absolute atomic E-state index is 13.2. The Morgan fingerprint density at radius 1 is 0.938 bits per heavy atom. The number of anilines is 1. The number of halogens is 1. The van der Waals surface area contributed by atoms with Crippen molar-refractivity contribution >= 4 is 21.6 Å². The predicted molar refractivity (Wildman–Crippen MR) is 118 cm³/mol. The van der Waals surface area contributed by atoms with Crippen molar-refractivity contribution in [3.8, 4) is 0 Å². The number of nitrogens with zero attached hydrogens (tertiary/aromatic N) is 2. The van der Waals surface area contributed by atoms with Gasteiger partial charge in [-0.25, -0.2) is 12.8 Å². The lowest BCUT2D eigenvalue weighted by Gasteiger charge is -2.22. The van der Waals surface area contributed by atoms with Crippen LogP contribution in [-0.4, -0.2) is 36.3 Å². The predicted octanol–water partition coefficient (Wildman–Crippen LogP) is 3.00. The normalized spacial score (nSPS) is 15.4. The molecule has 9 heteroatoms. The Morgan fingerprint density at radius 3 is 2.25 bits per heavy atom. The van der Waals surface area contributed by atoms with Gasteiger partial charge in [0.15, 0.2) is 0 Å². The number of hydrogen-bond acceptors (Lipinski definition) is 4. The van der Waals surface area contributed by atoms with Crippen molar-refractivity contribution in [1.29, 1.82) is 0 Å². The molecule has 1 saturated heterocycles. The second-order valence-electron chi connectivity index (χ2n) is 7.53. The molecule has 3 aromatic rings. The molecule has 0 saturated carbocycles. The molecule has 0 spiro atoms. The van der Waals surface area contributed by atoms with Gasteiger partial charge in [-0.2, -0.15) is 4.31 Å². The highest BCUT2D eigenvalue weighted by Crippen LogP contribution is 2.24. The van der Waals surface area contributed by atoms with Gasteiger partial charge in [0.1, 0.15) is 11.9 Å². The van der Waals surface area contributed by atoms with E-state index in [2.05, 4.69) is 5.32 Å². The molecule has 32 heavy (non-hydrogen) atoms. The fourth-order valence-corrected chi connectivity index (χ4v) is 5.26. The van der Waals surface area contributed by atoms with Crippen LogP contribution < -0.4 is 10.9 Å². The van der Waals surface area contributed by atoms with Crippen LogP contribution in [0.1, 0.15) is 24.4 Å². The second-order valence-corrected chi connectivity index (χ2v) is 9.47. The highest BCUT2D eigenvalue weighted by atomic mass is 32.2. The van der Waals surface area contributed by atoms with Gasteiger partial charge in [0, 0.05) is 31.0 Å². The van der Waals surface area contributed by atoms with E-state index in [0.29, 0.717) is 24.3 Å². The fourth-order valence-electron chi connectivity index (χ4n) is 3.73. The zero-order valence-corrected chi connectivity index (χ0v) is 18.0. The second kappa shape index (κ2) is 9.05. The van der Waals surface area contributed by atoms with Crippen molar-refractivity contribution in [3.05, 3.63) is 94.7 Å². The van der Waals surface area contributed by atoms with E-state index in [1.165, 1.54) is 40.8 Å². The molecule has 1 N–H and O–H groups in total. The van der Waals surface area contributed by atoms with Gasteiger partial charge < -0.3 is 5.32 Å². The summed E-state index contributed by atoms with van der Waals surface area (Å²) >= 11 is 0. The summed E-state index contributed by atoms with van der Waals surface area (Å²) < 4.78 is 41.8. The average Bonchev–Trinajstić information content (AvgIpc) is 3.33. The summed E-state index contributed by atoms with van der Waals surface area (Å²) in [4.78, 5) is 26.0. The van der Waals surface area contributed by atoms with E-state index in [9.17, 15) is 22.4 Å². The number of amides is 1. The first-order valence-electron chi connectivity index (χ1n) is 10.2. The minimum atomic E-state index is -3.78. The molecule has 0 unspecified atom stereocenters. The van der Waals surface area contributed by atoms with Gasteiger partial charge in [0.2, 0.25) is 10.0 Å². The van der Waals surface area contributed by atoms with Crippen molar-refractivity contribution in [2.24, 2.45) is 0 Å². The van der Waals surface area contributed by atoms with E-state index in [-0.39, 0.29) is 4.90 Å². The molecule has 1 fully saturated rings. The van der Waals surface area contributed by atoms with Crippen LogP contribution in [0.5, 0.6) is 0 Å². The maximum atomic E-state index is 13.2. The van der Waals surface area contributed by atoms with E-state index < -0.39 is 33.3 Å². The molecule has 1 aromatic heterocycles. The number of aromatic nitrogens is 1. The quantitative estimate of drug-likeness (QED) is 0.619. The monoisotopic (exact) mass is 455 g/mol. The number of hydrogen-bond donors (Lipinski definition) is 1. The molecule has 0 bridgehead atoms. The van der Waals surface area contributed by atoms with Gasteiger partial charge in [-0.05, 0) is 48.7 Å². The van der Waals surface area contributed by atoms with Crippen LogP contribution in [0.2, 0.25) is 0 Å². The summed E-state index contributed by atoms with van der Waals surface area (Å²) in [5.41, 5.74) is 0.338. The lowest BCUT2D eigenvalue weighted by Crippen LogP contribution is -2.35. The lowest BCUT2D eigenvalue weighted by molar-refractivity contribution is -0.118. The van der Waals surface area contributed by atoms with Crippen LogP contribution in [-0.2, 0) is 14.8 Å². The van der Waals surface area contributed by atoms with Gasteiger partial charge in [-0.1, -0.05) is 30.3 Å². The van der Waals surface area contributed by atoms with E-state index >= 15 is 0 Å². The molecular weight excluding hydrogens is 433 g/mol. The van der Waals surface area contributed by atoms with E-state index in [4.69, 9.17) is 0 Å². The first-order valence-corrected chi connectivity index (χ1v) is 11.6. The van der Waals surface area contributed by atoms with Gasteiger partial charge in [0.05, 0.1) is 4.90 Å². The standard InChI is InChI=1S/C23H22FN3O4S/c24-18-8-10-19(11-9-18)25-23(29)22(17-6-2-1-3-7-17)27-16-20(12-13-21(27)28)32(30,31)26-14-4-5-15-26/h1-3,6-13,16,22H,4-5,14-15H2,(H,25,29)/t22-/m1/s1. The zero-order valence-electron chi connectivity index (χ0n) is 17.1. The zero-order chi connectivity index (χ0) is 22.7. The topological polar surface area (TPSA) is 88.5 Å². The largest absolute Gasteiger partial charge is 0.324 e. The maximum Gasteiger partial charge on any atom is 0.252 e. The summed E-state index contributed by atoms with van der Waals surface area (Å²) in [6.45, 7) is 0.850. The molecule has 2 heterocycles. The first-order chi connectivity index (χ1) is 15.4. The van der Waals surface area contributed by atoms with Crippen LogP contribution in [0.4, 0.5) is 10.1 Å². The van der Waals surface area contributed by atoms with Gasteiger partial charge >= 0.3 is 0 Å². The van der Waals surface area contributed by atoms with Crippen molar-refractivity contribution in [2.75, 3.05) is 18.4 Å². The van der Waals surface area contributed by atoms with E-state index in [0.717, 1.165) is 23.5 Å². The SMILES string of the molecule is O=C(Nc1ccc(F)cc1)[C@@H](c1ccccc1)n1cc(S(=O)(=O)N2CCCC2)ccc1=O. The molecule has 1 aliphatic rings. The molecule has 0 radical (unpaired) electrons. The fraction of sp³-hybridized carbons (Fsp3) is 0.217. The summed E-state index contributed by atoms with van der Waals surface area (Å²) in [5.74, 6) is -1.00. The third-order valence-corrected chi connectivity index (χ3v) is 7.25. The van der Waals surface area contributed by atoms with Crippen molar-refractivity contribution in [2.45, 2.75) is 23.8 Å². The number of nitrogens with one attached hydrogen (secondary N) is 1. The smallest absolute Gasteiger partial charge is 0.252 e. The lowest BCUT2D eigenvalue weighted by atomic mass is 10.1. The van der Waals surface area contributed by atoms with Crippen LogP contribution in [0.25, 0.3) is 0 Å². The van der Waals surface area contributed by atoms with E-state index in [1.807, 2.05) is 0 Å². The number of carbonyl (C=O) groups is 1. The summed E-state index contributed by atoms with van der Waals surface area (Å²) in [6, 6.07) is 15.1. The van der Waals surface area contributed by atoms with Crippen molar-refractivity contribution in [3.63, 3.8) is 0 Å². The number of sulfonamides is 1. The third-order valence-electron chi connectivity index (χ3n) is 5.37. The van der Waals surface area contributed by atoms with Gasteiger partial charge in [0.25, 0.3) is 11.5 Å². The van der Waals surface area contributed by atoms with Crippen LogP contribution >= 0.6 is 0 Å². The minimum absolute atomic E-state index is 0.0467. The highest BCUT2D eigenvalue weighted by molar-refractivity contribution is 7.89. The summed E-state index contributed by atoms with van der Waals surface area (Å²) in [7, 11) is -3.78. The summed E-state index contributed by atoms with van der Waals surface area (Å²) in [6.07, 6.45) is 2.79. The van der Waals surface area contributed by atoms with Crippen molar-refractivity contribution in [1.82, 2.24) is 8.87 Å². The molecule has 1 amide bonds. The molecular formula is C23H22FN3O4S. The number of benzene rings is 2. The van der Waals surface area contributed by atoms with Crippen LogP contribution in [0, 0.1) is 5.82 Å². The van der Waals surface area contributed by atoms with Crippen molar-refractivity contribution < 1.29 is 17.6 Å². The highest BCUT2D eigenvalue weighted by Gasteiger charge is 2.30. The molecule has 2 aromatic carbocycles. The Balaban J connectivity index is 1.77. The third kappa shape index (κ3) is 4.49. The molecule has 1 atom stereocenters. The number of rotatable bonds is 6. The average molecular weight is 456 g/mol. The molecule has 0 aliphatic carbocycles. The first kappa shape index (κ1) is 21.9. The Hall–Kier alpha value is -3.30. The number of pyridine rings is 1. The molecule has 7 nitrogen and oxygen atoms in total. The Labute approximate surface area is 185 Å². The number of carbonyl (C=O) groups excluding carboxylic acids is 1. The molecule has 1 aliphatic heterocycles. The van der Waals surface area contributed by atoms with Crippen LogP contribution in [0.3, 0.4) is 0 Å².